The van der Waals surface area contributed by atoms with Gasteiger partial charge in [0.1, 0.15) is 17.8 Å². The van der Waals surface area contributed by atoms with Crippen molar-refractivity contribution in [2.45, 2.75) is 62.6 Å². The molecular weight excluding hydrogens is 594 g/mol. The third-order valence-electron chi connectivity index (χ3n) is 8.85. The molecule has 5 heterocycles. The Bertz CT molecular complexity index is 1600. The van der Waals surface area contributed by atoms with Gasteiger partial charge < -0.3 is 19.9 Å². The van der Waals surface area contributed by atoms with Crippen molar-refractivity contribution in [2.24, 2.45) is 5.92 Å². The number of amides is 3. The number of fused-ring (bicyclic) bond motifs is 2. The van der Waals surface area contributed by atoms with Gasteiger partial charge in [-0.3, -0.25) is 19.4 Å². The van der Waals surface area contributed by atoms with Crippen molar-refractivity contribution in [3.8, 4) is 5.75 Å². The van der Waals surface area contributed by atoms with Gasteiger partial charge in [0.05, 0.1) is 12.0 Å². The minimum atomic E-state index is -3.02. The van der Waals surface area contributed by atoms with Crippen LogP contribution in [0.3, 0.4) is 0 Å². The van der Waals surface area contributed by atoms with Crippen molar-refractivity contribution in [2.75, 3.05) is 20.2 Å². The van der Waals surface area contributed by atoms with E-state index >= 15 is 0 Å². The van der Waals surface area contributed by atoms with Gasteiger partial charge in [0.2, 0.25) is 11.8 Å². The maximum atomic E-state index is 14.1. The van der Waals surface area contributed by atoms with Gasteiger partial charge in [0, 0.05) is 53.3 Å². The molecule has 0 aliphatic carbocycles. The number of hydrogen-bond donors (Lipinski definition) is 2. The summed E-state index contributed by atoms with van der Waals surface area (Å²) in [5.74, 6) is -1.70. The zero-order valence-electron chi connectivity index (χ0n) is 23.8. The van der Waals surface area contributed by atoms with Crippen LogP contribution in [0.1, 0.15) is 65.2 Å². The fraction of sp³-hybridized carbons (Fsp3) is 0.467. The number of likely N-dealkylation sites (tertiary alicyclic amines) is 1. The first-order valence-electron chi connectivity index (χ1n) is 14.4. The average Bonchev–Trinajstić information content (AvgIpc) is 3.56. The van der Waals surface area contributed by atoms with Gasteiger partial charge in [-0.05, 0) is 65.8 Å². The summed E-state index contributed by atoms with van der Waals surface area (Å²) in [6.07, 6.45) is 6.01. The summed E-state index contributed by atoms with van der Waals surface area (Å²) >= 11 is 1.20. The summed E-state index contributed by atoms with van der Waals surface area (Å²) in [5.41, 5.74) is 1.03. The van der Waals surface area contributed by atoms with Crippen LogP contribution < -0.4 is 10.1 Å². The zero-order chi connectivity index (χ0) is 30.4. The fourth-order valence-electron chi connectivity index (χ4n) is 6.69. The monoisotopic (exact) mass is 627 g/mol. The van der Waals surface area contributed by atoms with Crippen molar-refractivity contribution in [1.29, 1.82) is 0 Å². The Labute approximate surface area is 253 Å². The number of nitrogens with one attached hydrogen (secondary N) is 1. The second kappa shape index (κ2) is 11.9. The van der Waals surface area contributed by atoms with E-state index in [9.17, 15) is 23.3 Å². The molecule has 0 spiro atoms. The largest absolute Gasteiger partial charge is 0.547 e. The first-order valence-corrected chi connectivity index (χ1v) is 16.5. The molecule has 3 fully saturated rings. The summed E-state index contributed by atoms with van der Waals surface area (Å²) in [4.78, 5) is 58.2. The van der Waals surface area contributed by atoms with Crippen LogP contribution in [0, 0.1) is 5.92 Å². The summed E-state index contributed by atoms with van der Waals surface area (Å²) in [6.45, 7) is 3.13. The van der Waals surface area contributed by atoms with Crippen LogP contribution in [-0.2, 0) is 14.2 Å². The molecule has 3 aliphatic heterocycles. The van der Waals surface area contributed by atoms with Crippen LogP contribution in [0.4, 0.5) is 4.39 Å². The average molecular weight is 628 g/mol. The van der Waals surface area contributed by atoms with Crippen molar-refractivity contribution in [3.05, 3.63) is 58.7 Å². The van der Waals surface area contributed by atoms with E-state index in [-0.39, 0.29) is 35.3 Å². The van der Waals surface area contributed by atoms with Gasteiger partial charge in [0.15, 0.2) is 0 Å². The Balaban J connectivity index is 1.15. The second-order valence-electron chi connectivity index (χ2n) is 11.7. The molecule has 0 bridgehead atoms. The predicted octanol–water partition coefficient (Wildman–Crippen LogP) is 4.52. The van der Waals surface area contributed by atoms with Gasteiger partial charge in [-0.1, -0.05) is 13.0 Å². The minimum absolute atomic E-state index is 0.0525. The first-order chi connectivity index (χ1) is 20.6. The van der Waals surface area contributed by atoms with E-state index in [0.29, 0.717) is 36.2 Å². The highest BCUT2D eigenvalue weighted by Gasteiger charge is 2.48. The summed E-state index contributed by atoms with van der Waals surface area (Å²) in [5, 5.41) is 3.49. The molecule has 3 saturated heterocycles. The van der Waals surface area contributed by atoms with Gasteiger partial charge in [-0.25, -0.2) is 0 Å². The Morgan fingerprint density at radius 1 is 1.21 bits per heavy atom. The number of ether oxygens (including phenoxy) is 1. The van der Waals surface area contributed by atoms with E-state index in [0.717, 1.165) is 28.9 Å². The summed E-state index contributed by atoms with van der Waals surface area (Å²) in [6, 6.07) is 6.53. The maximum Gasteiger partial charge on any atom is 0.547 e. The standard InChI is InChI=1S/C30H32FN4O6PS/c1-16-9-20-4-5-23(30(38)34-14-19(15-34)21-13-32-8-7-24(21)41-2)35(20)29(37)22(10-16)33-28(36)26-12-18-11-17(27(31)42(39)40)3-6-25(18)43-26/h3,6-8,11-13,16,19-20,22-23,27H,4-5,9-10,14-15H2,1-2H3,(H-,33,36,39,40)/p+1/t16-,20+,22-,23-,27+/m0/s1. The molecule has 6 rings (SSSR count). The fourth-order valence-corrected chi connectivity index (χ4v) is 8.05. The zero-order valence-corrected chi connectivity index (χ0v) is 25.5. The number of benzene rings is 1. The van der Waals surface area contributed by atoms with Gasteiger partial charge in [-0.15, -0.1) is 11.3 Å². The van der Waals surface area contributed by atoms with Crippen molar-refractivity contribution < 1.29 is 33.0 Å². The maximum absolute atomic E-state index is 14.1. The van der Waals surface area contributed by atoms with Crippen LogP contribution >= 0.6 is 19.4 Å². The Morgan fingerprint density at radius 3 is 2.74 bits per heavy atom. The topological polar surface area (TPSA) is 129 Å². The van der Waals surface area contributed by atoms with E-state index in [2.05, 4.69) is 17.2 Å². The highest BCUT2D eigenvalue weighted by atomic mass is 32.1. The molecule has 43 heavy (non-hydrogen) atoms. The van der Waals surface area contributed by atoms with Gasteiger partial charge in [-0.2, -0.15) is 9.28 Å². The molecule has 1 aromatic carbocycles. The molecule has 10 nitrogen and oxygen atoms in total. The van der Waals surface area contributed by atoms with E-state index in [4.69, 9.17) is 9.63 Å². The van der Waals surface area contributed by atoms with Gasteiger partial charge in [0.25, 0.3) is 5.91 Å². The number of nitrogens with zero attached hydrogens (tertiary/aromatic N) is 3. The number of carbonyl (C=O) groups excluding carboxylic acids is 3. The smallest absolute Gasteiger partial charge is 0.496 e. The quantitative estimate of drug-likeness (QED) is 0.369. The van der Waals surface area contributed by atoms with E-state index in [1.54, 1.807) is 41.4 Å². The molecule has 226 valence electrons. The van der Waals surface area contributed by atoms with Crippen LogP contribution in [0.15, 0.2) is 42.7 Å². The first kappa shape index (κ1) is 29.6. The Hall–Kier alpha value is -3.47. The Morgan fingerprint density at radius 2 is 2.00 bits per heavy atom. The molecule has 0 radical (unpaired) electrons. The highest BCUT2D eigenvalue weighted by molar-refractivity contribution is 7.38. The van der Waals surface area contributed by atoms with Crippen molar-refractivity contribution in [3.63, 3.8) is 0 Å². The Kier molecular flexibility index (Phi) is 8.19. The lowest BCUT2D eigenvalue weighted by Gasteiger charge is -2.42. The van der Waals surface area contributed by atoms with Crippen LogP contribution in [0.25, 0.3) is 10.1 Å². The number of alkyl halides is 1. The number of halogens is 1. The lowest BCUT2D eigenvalue weighted by atomic mass is 9.91. The SMILES string of the molecule is COc1ccncc1C1CN(C(=O)[C@@H]2CC[C@@H]3C[C@H](C)C[C@H](NC(=O)c4cc5cc([C@H](F)[P+](=O)O)ccc5s4)C(=O)N32)C1. The van der Waals surface area contributed by atoms with E-state index in [1.165, 1.54) is 23.5 Å². The third-order valence-corrected chi connectivity index (χ3v) is 10.7. The molecule has 2 N–H and O–H groups in total. The van der Waals surface area contributed by atoms with E-state index < -0.39 is 31.9 Å². The molecule has 3 aliphatic rings. The molecule has 1 unspecified atom stereocenters. The lowest BCUT2D eigenvalue weighted by Crippen LogP contribution is -2.58. The number of rotatable bonds is 7. The second-order valence-corrected chi connectivity index (χ2v) is 13.8. The highest BCUT2D eigenvalue weighted by Crippen LogP contribution is 2.41. The van der Waals surface area contributed by atoms with Crippen LogP contribution in [0.2, 0.25) is 0 Å². The number of pyridine rings is 1. The minimum Gasteiger partial charge on any atom is -0.496 e. The number of hydrogen-bond acceptors (Lipinski definition) is 7. The van der Waals surface area contributed by atoms with Gasteiger partial charge >= 0.3 is 13.9 Å². The molecule has 13 heteroatoms. The molecule has 2 aromatic heterocycles. The molecule has 3 amide bonds. The van der Waals surface area contributed by atoms with Crippen molar-refractivity contribution in [1.82, 2.24) is 20.1 Å². The number of aromatic nitrogens is 1. The number of methoxy groups -OCH3 is 1. The van der Waals surface area contributed by atoms with Crippen LogP contribution in [-0.4, -0.2) is 75.7 Å². The van der Waals surface area contributed by atoms with Crippen LogP contribution in [0.5, 0.6) is 5.75 Å². The molecular formula is C30H33FN4O6PS+. The predicted molar refractivity (Wildman–Crippen MR) is 159 cm³/mol. The normalized spacial score (nSPS) is 25.1. The number of carbonyl (C=O) groups is 3. The molecule has 6 atom stereocenters. The number of thiophene rings is 1. The molecule has 0 saturated carbocycles. The third kappa shape index (κ3) is 5.63. The van der Waals surface area contributed by atoms with E-state index in [1.807, 2.05) is 6.07 Å². The summed E-state index contributed by atoms with van der Waals surface area (Å²) < 4.78 is 31.5. The summed E-state index contributed by atoms with van der Waals surface area (Å²) in [7, 11) is -1.41. The molecule has 3 aromatic rings. The lowest BCUT2D eigenvalue weighted by molar-refractivity contribution is -0.148. The van der Waals surface area contributed by atoms with Crippen molar-refractivity contribution >= 4 is 47.2 Å².